The van der Waals surface area contributed by atoms with Crippen molar-refractivity contribution in [2.75, 3.05) is 38.5 Å². The van der Waals surface area contributed by atoms with Crippen LogP contribution in [0.1, 0.15) is 37.7 Å². The van der Waals surface area contributed by atoms with E-state index in [1.165, 1.54) is 76.8 Å². The van der Waals surface area contributed by atoms with Gasteiger partial charge in [0.1, 0.15) is 0 Å². The van der Waals surface area contributed by atoms with Gasteiger partial charge in [0.15, 0.2) is 0 Å². The van der Waals surface area contributed by atoms with Gasteiger partial charge in [-0.25, -0.2) is 0 Å². The lowest BCUT2D eigenvalue weighted by molar-refractivity contribution is 0.0973. The van der Waals surface area contributed by atoms with Gasteiger partial charge in [-0.1, -0.05) is 25.0 Å². The fraction of sp³-hybridized carbons (Fsp3) is 0.667. The topological polar surface area (TPSA) is 32.5 Å². The minimum absolute atomic E-state index is 0.863. The van der Waals surface area contributed by atoms with E-state index in [9.17, 15) is 0 Å². The molecule has 1 aromatic rings. The normalized spacial score (nSPS) is 21.9. The molecule has 0 aromatic heterocycles. The van der Waals surface area contributed by atoms with Crippen LogP contribution in [-0.4, -0.2) is 48.6 Å². The van der Waals surface area contributed by atoms with Crippen LogP contribution in [0.3, 0.4) is 0 Å². The van der Waals surface area contributed by atoms with Crippen LogP contribution in [0.15, 0.2) is 24.3 Å². The molecule has 1 aliphatic heterocycles. The molecule has 2 N–H and O–H groups in total. The lowest BCUT2D eigenvalue weighted by Gasteiger charge is -2.38. The first-order valence-electron chi connectivity index (χ1n) is 8.62. The number of benzene rings is 1. The Morgan fingerprint density at radius 3 is 2.29 bits per heavy atom. The average Bonchev–Trinajstić information content (AvgIpc) is 3.04. The van der Waals surface area contributed by atoms with Gasteiger partial charge in [-0.05, 0) is 49.9 Å². The molecule has 2 aliphatic rings. The summed E-state index contributed by atoms with van der Waals surface area (Å²) < 4.78 is 0. The molecule has 3 heteroatoms. The minimum atomic E-state index is 0.863. The molecule has 0 radical (unpaired) electrons. The number of hydrogen-bond acceptors (Lipinski definition) is 3. The summed E-state index contributed by atoms with van der Waals surface area (Å²) in [7, 11) is 0. The van der Waals surface area contributed by atoms with E-state index in [0.717, 1.165) is 11.7 Å². The van der Waals surface area contributed by atoms with Gasteiger partial charge in [0.25, 0.3) is 0 Å². The van der Waals surface area contributed by atoms with Crippen molar-refractivity contribution in [1.82, 2.24) is 9.80 Å². The summed E-state index contributed by atoms with van der Waals surface area (Å²) in [5.74, 6) is 0. The van der Waals surface area contributed by atoms with Crippen molar-refractivity contribution in [1.29, 1.82) is 0 Å². The molecule has 0 bridgehead atoms. The van der Waals surface area contributed by atoms with Crippen LogP contribution in [0, 0.1) is 0 Å². The molecule has 1 aromatic carbocycles. The van der Waals surface area contributed by atoms with Crippen LogP contribution in [0.4, 0.5) is 5.69 Å². The van der Waals surface area contributed by atoms with Gasteiger partial charge in [-0.3, -0.25) is 4.90 Å². The summed E-state index contributed by atoms with van der Waals surface area (Å²) in [5, 5.41) is 0. The SMILES string of the molecule is Nc1ccc(CCCN2CCN(C3CCCC3)CC2)cc1. The first kappa shape index (κ1) is 14.9. The largest absolute Gasteiger partial charge is 0.399 e. The second-order valence-corrected chi connectivity index (χ2v) is 6.66. The van der Waals surface area contributed by atoms with E-state index in [-0.39, 0.29) is 0 Å². The zero-order valence-corrected chi connectivity index (χ0v) is 13.1. The Kier molecular flexibility index (Phi) is 5.15. The van der Waals surface area contributed by atoms with Crippen molar-refractivity contribution in [3.63, 3.8) is 0 Å². The van der Waals surface area contributed by atoms with Gasteiger partial charge in [0.2, 0.25) is 0 Å². The number of piperazine rings is 1. The Bertz CT molecular complexity index is 415. The predicted octanol–water partition coefficient (Wildman–Crippen LogP) is 2.76. The average molecular weight is 287 g/mol. The smallest absolute Gasteiger partial charge is 0.0314 e. The monoisotopic (exact) mass is 287 g/mol. The molecular weight excluding hydrogens is 258 g/mol. The fourth-order valence-corrected chi connectivity index (χ4v) is 3.81. The van der Waals surface area contributed by atoms with E-state index < -0.39 is 0 Å². The second-order valence-electron chi connectivity index (χ2n) is 6.66. The summed E-state index contributed by atoms with van der Waals surface area (Å²) in [6.45, 7) is 6.33. The molecule has 0 atom stereocenters. The summed E-state index contributed by atoms with van der Waals surface area (Å²) in [6.07, 6.45) is 8.21. The minimum Gasteiger partial charge on any atom is -0.399 e. The number of nitrogen functional groups attached to an aromatic ring is 1. The highest BCUT2D eigenvalue weighted by Crippen LogP contribution is 2.24. The van der Waals surface area contributed by atoms with Crippen LogP contribution in [0.25, 0.3) is 0 Å². The van der Waals surface area contributed by atoms with Crippen LogP contribution in [0.5, 0.6) is 0 Å². The summed E-state index contributed by atoms with van der Waals surface area (Å²) in [6, 6.07) is 9.24. The second kappa shape index (κ2) is 7.28. The van der Waals surface area contributed by atoms with E-state index in [1.54, 1.807) is 0 Å². The molecule has 1 saturated carbocycles. The highest BCUT2D eigenvalue weighted by Gasteiger charge is 2.25. The first-order valence-corrected chi connectivity index (χ1v) is 8.62. The molecule has 21 heavy (non-hydrogen) atoms. The number of anilines is 1. The summed E-state index contributed by atoms with van der Waals surface area (Å²) >= 11 is 0. The van der Waals surface area contributed by atoms with Gasteiger partial charge in [-0.2, -0.15) is 0 Å². The maximum absolute atomic E-state index is 5.72. The van der Waals surface area contributed by atoms with E-state index >= 15 is 0 Å². The molecule has 0 unspecified atom stereocenters. The molecule has 0 spiro atoms. The standard InChI is InChI=1S/C18H29N3/c19-17-9-7-16(8-10-17)4-3-11-20-12-14-21(15-13-20)18-5-1-2-6-18/h7-10,18H,1-6,11-15,19H2. The lowest BCUT2D eigenvalue weighted by Crippen LogP contribution is -2.49. The third kappa shape index (κ3) is 4.21. The van der Waals surface area contributed by atoms with Crippen LogP contribution in [-0.2, 0) is 6.42 Å². The zero-order chi connectivity index (χ0) is 14.5. The van der Waals surface area contributed by atoms with Crippen LogP contribution >= 0.6 is 0 Å². The fourth-order valence-electron chi connectivity index (χ4n) is 3.81. The van der Waals surface area contributed by atoms with Crippen LogP contribution in [0.2, 0.25) is 0 Å². The molecular formula is C18H29N3. The predicted molar refractivity (Wildman–Crippen MR) is 89.4 cm³/mol. The van der Waals surface area contributed by atoms with Crippen molar-refractivity contribution >= 4 is 5.69 Å². The highest BCUT2D eigenvalue weighted by atomic mass is 15.3. The molecule has 1 saturated heterocycles. The van der Waals surface area contributed by atoms with Crippen molar-refractivity contribution in [3.8, 4) is 0 Å². The van der Waals surface area contributed by atoms with E-state index in [0.29, 0.717) is 0 Å². The third-order valence-corrected chi connectivity index (χ3v) is 5.17. The van der Waals surface area contributed by atoms with Gasteiger partial charge >= 0.3 is 0 Å². The molecule has 116 valence electrons. The van der Waals surface area contributed by atoms with Crippen molar-refractivity contribution in [2.45, 2.75) is 44.6 Å². The molecule has 1 aliphatic carbocycles. The Morgan fingerprint density at radius 2 is 1.62 bits per heavy atom. The number of nitrogens with two attached hydrogens (primary N) is 1. The third-order valence-electron chi connectivity index (χ3n) is 5.17. The van der Waals surface area contributed by atoms with Gasteiger partial charge in [-0.15, -0.1) is 0 Å². The number of aryl methyl sites for hydroxylation is 1. The Morgan fingerprint density at radius 1 is 0.952 bits per heavy atom. The molecule has 1 heterocycles. The van der Waals surface area contributed by atoms with Gasteiger partial charge in [0.05, 0.1) is 0 Å². The first-order chi connectivity index (χ1) is 10.3. The number of hydrogen-bond donors (Lipinski definition) is 1. The zero-order valence-electron chi connectivity index (χ0n) is 13.1. The Balaban J connectivity index is 1.34. The number of nitrogens with zero attached hydrogens (tertiary/aromatic N) is 2. The lowest BCUT2D eigenvalue weighted by atomic mass is 10.1. The van der Waals surface area contributed by atoms with Crippen molar-refractivity contribution in [3.05, 3.63) is 29.8 Å². The summed E-state index contributed by atoms with van der Waals surface area (Å²) in [4.78, 5) is 5.38. The molecule has 2 fully saturated rings. The quantitative estimate of drug-likeness (QED) is 0.845. The molecule has 0 amide bonds. The summed E-state index contributed by atoms with van der Waals surface area (Å²) in [5.41, 5.74) is 8.00. The molecule has 3 rings (SSSR count). The molecule has 3 nitrogen and oxygen atoms in total. The van der Waals surface area contributed by atoms with Gasteiger partial charge in [0, 0.05) is 37.9 Å². The van der Waals surface area contributed by atoms with E-state index in [1.807, 2.05) is 12.1 Å². The van der Waals surface area contributed by atoms with E-state index in [2.05, 4.69) is 21.9 Å². The Hall–Kier alpha value is -1.06. The Labute approximate surface area is 129 Å². The van der Waals surface area contributed by atoms with E-state index in [4.69, 9.17) is 5.73 Å². The van der Waals surface area contributed by atoms with Crippen molar-refractivity contribution < 1.29 is 0 Å². The van der Waals surface area contributed by atoms with Crippen molar-refractivity contribution in [2.24, 2.45) is 0 Å². The maximum Gasteiger partial charge on any atom is 0.0314 e. The van der Waals surface area contributed by atoms with Crippen LogP contribution < -0.4 is 5.73 Å². The van der Waals surface area contributed by atoms with Gasteiger partial charge < -0.3 is 10.6 Å². The highest BCUT2D eigenvalue weighted by molar-refractivity contribution is 5.39. The maximum atomic E-state index is 5.72. The number of rotatable bonds is 5.